The Kier molecular flexibility index (Phi) is 5.75. The van der Waals surface area contributed by atoms with Crippen LogP contribution in [0.1, 0.15) is 18.4 Å². The van der Waals surface area contributed by atoms with Crippen LogP contribution in [0.25, 0.3) is 0 Å². The molecule has 0 aliphatic heterocycles. The zero-order chi connectivity index (χ0) is 13.6. The molecule has 0 saturated carbocycles. The number of halogens is 1. The summed E-state index contributed by atoms with van der Waals surface area (Å²) >= 11 is 0. The molecule has 6 heteroatoms. The van der Waals surface area contributed by atoms with Gasteiger partial charge in [0, 0.05) is 10.7 Å². The predicted molar refractivity (Wildman–Crippen MR) is 72.1 cm³/mol. The first kappa shape index (κ1) is 15.1. The largest absolute Gasteiger partial charge is 0.493 e. The number of rotatable bonds is 7. The van der Waals surface area contributed by atoms with Crippen LogP contribution in [-0.4, -0.2) is 28.4 Å². The molecule has 0 aliphatic carbocycles. The fourth-order valence-corrected chi connectivity index (χ4v) is 2.52. The molecule has 0 saturated heterocycles. The summed E-state index contributed by atoms with van der Waals surface area (Å²) in [6.45, 7) is 0. The van der Waals surface area contributed by atoms with E-state index in [1.165, 1.54) is 0 Å². The number of benzene rings is 1. The fourth-order valence-electron chi connectivity index (χ4n) is 1.64. The van der Waals surface area contributed by atoms with Gasteiger partial charge in [-0.25, -0.2) is 8.42 Å². The quantitative estimate of drug-likeness (QED) is 0.572. The van der Waals surface area contributed by atoms with Gasteiger partial charge in [0.25, 0.3) is 0 Å². The van der Waals surface area contributed by atoms with Gasteiger partial charge in [0.2, 0.25) is 9.05 Å². The van der Waals surface area contributed by atoms with Gasteiger partial charge in [-0.3, -0.25) is 0 Å². The van der Waals surface area contributed by atoms with Gasteiger partial charge in [0.05, 0.1) is 20.0 Å². The van der Waals surface area contributed by atoms with Gasteiger partial charge in [-0.05, 0) is 37.0 Å². The Balaban J connectivity index is 2.53. The molecule has 0 aromatic heterocycles. The van der Waals surface area contributed by atoms with E-state index in [0.717, 1.165) is 18.4 Å². The molecule has 0 unspecified atom stereocenters. The summed E-state index contributed by atoms with van der Waals surface area (Å²) < 4.78 is 31.8. The summed E-state index contributed by atoms with van der Waals surface area (Å²) in [7, 11) is 4.93. The van der Waals surface area contributed by atoms with Gasteiger partial charge in [-0.2, -0.15) is 0 Å². The Morgan fingerprint density at radius 3 is 2.33 bits per heavy atom. The third kappa shape index (κ3) is 5.14. The number of ether oxygens (including phenoxy) is 2. The van der Waals surface area contributed by atoms with E-state index in [-0.39, 0.29) is 5.75 Å². The van der Waals surface area contributed by atoms with E-state index in [9.17, 15) is 8.42 Å². The first-order valence-electron chi connectivity index (χ1n) is 5.59. The molecular weight excluding hydrogens is 276 g/mol. The van der Waals surface area contributed by atoms with Crippen LogP contribution in [0.2, 0.25) is 0 Å². The second-order valence-corrected chi connectivity index (χ2v) is 6.79. The molecule has 1 aromatic rings. The van der Waals surface area contributed by atoms with Gasteiger partial charge in [0.15, 0.2) is 11.5 Å². The standard InChI is InChI=1S/C12H17ClO4S/c1-16-11-7-6-10(9-12(11)17-2)5-3-4-8-18(13,14)15/h6-7,9H,3-5,8H2,1-2H3. The highest BCUT2D eigenvalue weighted by atomic mass is 35.7. The minimum atomic E-state index is -3.37. The predicted octanol–water partition coefficient (Wildman–Crippen LogP) is 2.60. The zero-order valence-corrected chi connectivity index (χ0v) is 12.1. The molecule has 4 nitrogen and oxygen atoms in total. The maximum absolute atomic E-state index is 10.8. The zero-order valence-electron chi connectivity index (χ0n) is 10.5. The van der Waals surface area contributed by atoms with Crippen LogP contribution < -0.4 is 9.47 Å². The van der Waals surface area contributed by atoms with Crippen LogP contribution in [-0.2, 0) is 15.5 Å². The molecule has 0 radical (unpaired) electrons. The summed E-state index contributed by atoms with van der Waals surface area (Å²) in [5.41, 5.74) is 1.08. The first-order chi connectivity index (χ1) is 8.46. The Morgan fingerprint density at radius 1 is 1.11 bits per heavy atom. The number of hydrogen-bond acceptors (Lipinski definition) is 4. The molecular formula is C12H17ClO4S. The minimum absolute atomic E-state index is 0.0157. The molecule has 0 bridgehead atoms. The molecule has 18 heavy (non-hydrogen) atoms. The molecule has 1 rings (SSSR count). The Bertz CT molecular complexity index is 485. The molecule has 0 spiro atoms. The van der Waals surface area contributed by atoms with E-state index in [4.69, 9.17) is 20.2 Å². The lowest BCUT2D eigenvalue weighted by Gasteiger charge is -2.09. The van der Waals surface area contributed by atoms with E-state index in [0.29, 0.717) is 17.9 Å². The second kappa shape index (κ2) is 6.85. The second-order valence-electron chi connectivity index (χ2n) is 3.89. The van der Waals surface area contributed by atoms with Gasteiger partial charge in [0.1, 0.15) is 0 Å². The first-order valence-corrected chi connectivity index (χ1v) is 8.07. The molecule has 1 aromatic carbocycles. The molecule has 0 atom stereocenters. The Morgan fingerprint density at radius 2 is 1.78 bits per heavy atom. The van der Waals surface area contributed by atoms with Crippen LogP contribution in [0.4, 0.5) is 0 Å². The maximum Gasteiger partial charge on any atom is 0.232 e. The lowest BCUT2D eigenvalue weighted by molar-refractivity contribution is 0.354. The van der Waals surface area contributed by atoms with Crippen molar-refractivity contribution < 1.29 is 17.9 Å². The van der Waals surface area contributed by atoms with E-state index in [1.54, 1.807) is 14.2 Å². The monoisotopic (exact) mass is 292 g/mol. The third-order valence-electron chi connectivity index (χ3n) is 2.55. The van der Waals surface area contributed by atoms with Crippen LogP contribution >= 0.6 is 10.7 Å². The van der Waals surface area contributed by atoms with Crippen molar-refractivity contribution in [3.8, 4) is 11.5 Å². The molecule has 0 N–H and O–H groups in total. The van der Waals surface area contributed by atoms with Crippen molar-refractivity contribution in [2.45, 2.75) is 19.3 Å². The molecule has 102 valence electrons. The number of unbranched alkanes of at least 4 members (excludes halogenated alkanes) is 1. The van der Waals surface area contributed by atoms with Gasteiger partial charge < -0.3 is 9.47 Å². The summed E-state index contributed by atoms with van der Waals surface area (Å²) in [6, 6.07) is 5.68. The number of hydrogen-bond donors (Lipinski definition) is 0. The lowest BCUT2D eigenvalue weighted by Crippen LogP contribution is -1.98. The summed E-state index contributed by atoms with van der Waals surface area (Å²) in [4.78, 5) is 0. The molecule has 0 fully saturated rings. The highest BCUT2D eigenvalue weighted by Gasteiger charge is 2.06. The van der Waals surface area contributed by atoms with Crippen molar-refractivity contribution in [3.05, 3.63) is 23.8 Å². The van der Waals surface area contributed by atoms with Crippen molar-refractivity contribution in [2.24, 2.45) is 0 Å². The molecule has 0 amide bonds. The van der Waals surface area contributed by atoms with Gasteiger partial charge >= 0.3 is 0 Å². The fraction of sp³-hybridized carbons (Fsp3) is 0.500. The summed E-state index contributed by atoms with van der Waals surface area (Å²) in [5.74, 6) is 1.38. The van der Waals surface area contributed by atoms with Gasteiger partial charge in [-0.15, -0.1) is 0 Å². The molecule has 0 heterocycles. The average Bonchev–Trinajstić information content (AvgIpc) is 2.33. The van der Waals surface area contributed by atoms with E-state index < -0.39 is 9.05 Å². The SMILES string of the molecule is COc1ccc(CCCCS(=O)(=O)Cl)cc1OC. The van der Waals surface area contributed by atoms with Crippen molar-refractivity contribution in [2.75, 3.05) is 20.0 Å². The van der Waals surface area contributed by atoms with Crippen LogP contribution in [0, 0.1) is 0 Å². The van der Waals surface area contributed by atoms with Crippen molar-refractivity contribution in [1.29, 1.82) is 0 Å². The Hall–Kier alpha value is -0.940. The number of aryl methyl sites for hydroxylation is 1. The van der Waals surface area contributed by atoms with Crippen LogP contribution in [0.3, 0.4) is 0 Å². The normalized spacial score (nSPS) is 11.3. The lowest BCUT2D eigenvalue weighted by atomic mass is 10.1. The third-order valence-corrected chi connectivity index (χ3v) is 3.79. The topological polar surface area (TPSA) is 52.6 Å². The average molecular weight is 293 g/mol. The minimum Gasteiger partial charge on any atom is -0.493 e. The van der Waals surface area contributed by atoms with E-state index in [1.807, 2.05) is 18.2 Å². The van der Waals surface area contributed by atoms with Crippen molar-refractivity contribution in [3.63, 3.8) is 0 Å². The summed E-state index contributed by atoms with van der Waals surface area (Å²) in [5, 5.41) is 0. The van der Waals surface area contributed by atoms with Crippen molar-refractivity contribution in [1.82, 2.24) is 0 Å². The number of methoxy groups -OCH3 is 2. The van der Waals surface area contributed by atoms with Crippen LogP contribution in [0.5, 0.6) is 11.5 Å². The highest BCUT2D eigenvalue weighted by molar-refractivity contribution is 8.13. The molecule has 0 aliphatic rings. The summed E-state index contributed by atoms with van der Waals surface area (Å²) in [6.07, 6.45) is 2.11. The van der Waals surface area contributed by atoms with E-state index in [2.05, 4.69) is 0 Å². The van der Waals surface area contributed by atoms with E-state index >= 15 is 0 Å². The maximum atomic E-state index is 10.8. The van der Waals surface area contributed by atoms with Gasteiger partial charge in [-0.1, -0.05) is 6.07 Å². The smallest absolute Gasteiger partial charge is 0.232 e. The highest BCUT2D eigenvalue weighted by Crippen LogP contribution is 2.28. The van der Waals surface area contributed by atoms with Crippen molar-refractivity contribution >= 4 is 19.7 Å². The van der Waals surface area contributed by atoms with Crippen LogP contribution in [0.15, 0.2) is 18.2 Å². The Labute approximate surface area is 112 Å².